The minimum Gasteiger partial charge on any atom is -0.380 e. The van der Waals surface area contributed by atoms with E-state index < -0.39 is 4.92 Å². The van der Waals surface area contributed by atoms with Gasteiger partial charge >= 0.3 is 0 Å². The minimum absolute atomic E-state index is 0.0560. The second kappa shape index (κ2) is 5.45. The highest BCUT2D eigenvalue weighted by Crippen LogP contribution is 2.28. The van der Waals surface area contributed by atoms with Crippen LogP contribution in [0, 0.1) is 17.0 Å². The summed E-state index contributed by atoms with van der Waals surface area (Å²) in [7, 11) is 0. The highest BCUT2D eigenvalue weighted by molar-refractivity contribution is 9.10. The number of nitrogens with one attached hydrogen (secondary N) is 1. The van der Waals surface area contributed by atoms with E-state index >= 15 is 0 Å². The lowest BCUT2D eigenvalue weighted by Gasteiger charge is -2.05. The van der Waals surface area contributed by atoms with Crippen molar-refractivity contribution in [3.8, 4) is 0 Å². The van der Waals surface area contributed by atoms with Gasteiger partial charge in [0.25, 0.3) is 5.69 Å². The fourth-order valence-electron chi connectivity index (χ4n) is 1.44. The molecule has 1 aromatic heterocycles. The summed E-state index contributed by atoms with van der Waals surface area (Å²) < 4.78 is 0.478. The molecule has 0 unspecified atom stereocenters. The number of rotatable bonds is 4. The Kier molecular flexibility index (Phi) is 3.93. The van der Waals surface area contributed by atoms with Crippen LogP contribution in [-0.4, -0.2) is 9.91 Å². The Balaban J connectivity index is 2.10. The van der Waals surface area contributed by atoms with Gasteiger partial charge in [-0.3, -0.25) is 10.1 Å². The zero-order valence-electron chi connectivity index (χ0n) is 9.51. The van der Waals surface area contributed by atoms with Gasteiger partial charge in [-0.15, -0.1) is 11.3 Å². The topological polar surface area (TPSA) is 68.1 Å². The number of hydrogen-bond donors (Lipinski definition) is 1. The number of nitro benzene ring substituents is 1. The first-order valence-electron chi connectivity index (χ1n) is 5.15. The molecule has 0 radical (unpaired) electrons. The standard InChI is InChI=1S/C11H10BrN3O2S/c1-7-13-5-9(18-7)6-14-8-2-3-10(12)11(4-8)15(16)17/h2-5,14H,6H2,1H3. The number of nitrogens with zero attached hydrogens (tertiary/aromatic N) is 2. The molecule has 18 heavy (non-hydrogen) atoms. The molecular formula is C11H10BrN3O2S. The van der Waals surface area contributed by atoms with Crippen LogP contribution in [-0.2, 0) is 6.54 Å². The monoisotopic (exact) mass is 327 g/mol. The molecule has 2 aromatic rings. The van der Waals surface area contributed by atoms with Crippen molar-refractivity contribution in [2.45, 2.75) is 13.5 Å². The van der Waals surface area contributed by atoms with Crippen LogP contribution >= 0.6 is 27.3 Å². The molecule has 1 N–H and O–H groups in total. The molecule has 5 nitrogen and oxygen atoms in total. The summed E-state index contributed by atoms with van der Waals surface area (Å²) in [5, 5.41) is 14.9. The van der Waals surface area contributed by atoms with Crippen molar-refractivity contribution in [2.24, 2.45) is 0 Å². The van der Waals surface area contributed by atoms with E-state index in [-0.39, 0.29) is 5.69 Å². The first kappa shape index (κ1) is 13.0. The lowest BCUT2D eigenvalue weighted by Crippen LogP contribution is -1.98. The molecule has 0 aliphatic rings. The van der Waals surface area contributed by atoms with Gasteiger partial charge in [0, 0.05) is 22.8 Å². The first-order chi connectivity index (χ1) is 8.56. The summed E-state index contributed by atoms with van der Waals surface area (Å²) in [6.07, 6.45) is 1.81. The molecule has 0 saturated heterocycles. The van der Waals surface area contributed by atoms with Crippen molar-refractivity contribution in [3.05, 3.63) is 48.9 Å². The van der Waals surface area contributed by atoms with Gasteiger partial charge in [0.2, 0.25) is 0 Å². The van der Waals surface area contributed by atoms with Crippen LogP contribution in [0.3, 0.4) is 0 Å². The SMILES string of the molecule is Cc1ncc(CNc2ccc(Br)c([N+](=O)[O-])c2)s1. The van der Waals surface area contributed by atoms with E-state index in [1.54, 1.807) is 29.7 Å². The number of thiazole rings is 1. The number of aromatic nitrogens is 1. The number of nitro groups is 1. The van der Waals surface area contributed by atoms with Gasteiger partial charge in [0.15, 0.2) is 0 Å². The smallest absolute Gasteiger partial charge is 0.285 e. The maximum atomic E-state index is 10.8. The lowest BCUT2D eigenvalue weighted by atomic mass is 10.3. The minimum atomic E-state index is -0.411. The molecule has 0 fully saturated rings. The third-order valence-electron chi connectivity index (χ3n) is 2.28. The van der Waals surface area contributed by atoms with Crippen molar-refractivity contribution in [1.29, 1.82) is 0 Å². The number of benzene rings is 1. The molecule has 0 atom stereocenters. The third kappa shape index (κ3) is 3.05. The van der Waals surface area contributed by atoms with Gasteiger partial charge in [-0.1, -0.05) is 0 Å². The Bertz CT molecular complexity index is 585. The van der Waals surface area contributed by atoms with Crippen molar-refractivity contribution in [1.82, 2.24) is 4.98 Å². The second-order valence-corrected chi connectivity index (χ2v) is 5.80. The van der Waals surface area contributed by atoms with E-state index in [4.69, 9.17) is 0 Å². The Labute approximate surface area is 116 Å². The van der Waals surface area contributed by atoms with Crippen molar-refractivity contribution in [3.63, 3.8) is 0 Å². The zero-order chi connectivity index (χ0) is 13.1. The number of aryl methyl sites for hydroxylation is 1. The number of hydrogen-bond acceptors (Lipinski definition) is 5. The van der Waals surface area contributed by atoms with Crippen molar-refractivity contribution >= 4 is 38.6 Å². The average molecular weight is 328 g/mol. The van der Waals surface area contributed by atoms with Crippen LogP contribution in [0.5, 0.6) is 0 Å². The van der Waals surface area contributed by atoms with Gasteiger partial charge < -0.3 is 5.32 Å². The molecule has 0 aliphatic heterocycles. The Morgan fingerprint density at radius 3 is 2.94 bits per heavy atom. The molecule has 0 spiro atoms. The Hall–Kier alpha value is -1.47. The molecule has 0 aliphatic carbocycles. The van der Waals surface area contributed by atoms with E-state index in [0.29, 0.717) is 11.0 Å². The fourth-order valence-corrected chi connectivity index (χ4v) is 2.56. The van der Waals surface area contributed by atoms with Gasteiger partial charge in [0.1, 0.15) is 0 Å². The lowest BCUT2D eigenvalue weighted by molar-refractivity contribution is -0.385. The summed E-state index contributed by atoms with van der Waals surface area (Å²) in [6, 6.07) is 4.97. The summed E-state index contributed by atoms with van der Waals surface area (Å²) in [4.78, 5) is 15.6. The molecule has 0 saturated carbocycles. The van der Waals surface area contributed by atoms with Crippen LogP contribution in [0.15, 0.2) is 28.9 Å². The van der Waals surface area contributed by atoms with Crippen LogP contribution < -0.4 is 5.32 Å². The molecule has 0 bridgehead atoms. The highest BCUT2D eigenvalue weighted by atomic mass is 79.9. The molecule has 1 aromatic carbocycles. The molecule has 1 heterocycles. The molecule has 2 rings (SSSR count). The van der Waals surface area contributed by atoms with Gasteiger partial charge in [-0.25, -0.2) is 4.98 Å². The van der Waals surface area contributed by atoms with E-state index in [2.05, 4.69) is 26.2 Å². The fraction of sp³-hybridized carbons (Fsp3) is 0.182. The van der Waals surface area contributed by atoms with E-state index in [0.717, 1.165) is 15.6 Å². The largest absolute Gasteiger partial charge is 0.380 e. The molecular weight excluding hydrogens is 318 g/mol. The number of anilines is 1. The average Bonchev–Trinajstić information content (AvgIpc) is 2.74. The highest BCUT2D eigenvalue weighted by Gasteiger charge is 2.12. The van der Waals surface area contributed by atoms with Crippen LogP contribution in [0.25, 0.3) is 0 Å². The van der Waals surface area contributed by atoms with Crippen LogP contribution in [0.1, 0.15) is 9.88 Å². The maximum absolute atomic E-state index is 10.8. The summed E-state index contributed by atoms with van der Waals surface area (Å²) >= 11 is 4.76. The molecule has 0 amide bonds. The third-order valence-corrected chi connectivity index (χ3v) is 3.86. The van der Waals surface area contributed by atoms with E-state index in [1.807, 2.05) is 6.92 Å². The van der Waals surface area contributed by atoms with Crippen LogP contribution in [0.2, 0.25) is 0 Å². The second-order valence-electron chi connectivity index (χ2n) is 3.62. The van der Waals surface area contributed by atoms with E-state index in [1.165, 1.54) is 6.07 Å². The van der Waals surface area contributed by atoms with Gasteiger partial charge in [0.05, 0.1) is 20.9 Å². The summed E-state index contributed by atoms with van der Waals surface area (Å²) in [5.74, 6) is 0. The Morgan fingerprint density at radius 1 is 1.56 bits per heavy atom. The Morgan fingerprint density at radius 2 is 2.33 bits per heavy atom. The van der Waals surface area contributed by atoms with Crippen molar-refractivity contribution < 1.29 is 4.92 Å². The molecule has 94 valence electrons. The normalized spacial score (nSPS) is 10.3. The summed E-state index contributed by atoms with van der Waals surface area (Å²) in [5.41, 5.74) is 0.774. The predicted molar refractivity (Wildman–Crippen MR) is 75.0 cm³/mol. The summed E-state index contributed by atoms with van der Waals surface area (Å²) in [6.45, 7) is 2.56. The number of halogens is 1. The quantitative estimate of drug-likeness (QED) is 0.686. The van der Waals surface area contributed by atoms with E-state index in [9.17, 15) is 10.1 Å². The zero-order valence-corrected chi connectivity index (χ0v) is 11.9. The van der Waals surface area contributed by atoms with Gasteiger partial charge in [-0.2, -0.15) is 0 Å². The predicted octanol–water partition coefficient (Wildman–Crippen LogP) is 3.73. The maximum Gasteiger partial charge on any atom is 0.285 e. The van der Waals surface area contributed by atoms with Crippen LogP contribution in [0.4, 0.5) is 11.4 Å². The molecule has 7 heteroatoms. The van der Waals surface area contributed by atoms with Crippen molar-refractivity contribution in [2.75, 3.05) is 5.32 Å². The van der Waals surface area contributed by atoms with Gasteiger partial charge in [-0.05, 0) is 35.0 Å². The first-order valence-corrected chi connectivity index (χ1v) is 6.76.